The van der Waals surface area contributed by atoms with E-state index >= 15 is 0 Å². The molecule has 3 atom stereocenters. The molecule has 1 fully saturated rings. The van der Waals surface area contributed by atoms with Gasteiger partial charge < -0.3 is 15.7 Å². The van der Waals surface area contributed by atoms with Crippen LogP contribution in [-0.2, 0) is 4.79 Å². The van der Waals surface area contributed by atoms with Crippen LogP contribution in [0.1, 0.15) is 26.2 Å². The van der Waals surface area contributed by atoms with Gasteiger partial charge in [-0.3, -0.25) is 4.79 Å². The largest absolute Gasteiger partial charge is 0.391 e. The highest BCUT2D eigenvalue weighted by Gasteiger charge is 2.27. The van der Waals surface area contributed by atoms with Crippen LogP contribution in [0.15, 0.2) is 0 Å². The van der Waals surface area contributed by atoms with Crippen molar-refractivity contribution in [2.75, 3.05) is 7.05 Å². The molecule has 1 rings (SSSR count). The zero-order valence-corrected chi connectivity index (χ0v) is 8.21. The van der Waals surface area contributed by atoms with Crippen molar-refractivity contribution in [2.45, 2.75) is 44.4 Å². The molecule has 0 aliphatic heterocycles. The van der Waals surface area contributed by atoms with E-state index in [1.807, 2.05) is 0 Å². The van der Waals surface area contributed by atoms with E-state index in [1.165, 1.54) is 0 Å². The van der Waals surface area contributed by atoms with Gasteiger partial charge in [0.25, 0.3) is 0 Å². The zero-order valence-electron chi connectivity index (χ0n) is 8.21. The summed E-state index contributed by atoms with van der Waals surface area (Å²) in [4.78, 5) is 11.4. The molecule has 0 heterocycles. The summed E-state index contributed by atoms with van der Waals surface area (Å²) in [7, 11) is 1.75. The van der Waals surface area contributed by atoms with Crippen LogP contribution in [0.3, 0.4) is 0 Å². The summed E-state index contributed by atoms with van der Waals surface area (Å²) in [5.74, 6) is -0.0338. The molecule has 0 saturated heterocycles. The average Bonchev–Trinajstić information content (AvgIpc) is 2.50. The lowest BCUT2D eigenvalue weighted by Crippen LogP contribution is -2.47. The van der Waals surface area contributed by atoms with E-state index in [-0.39, 0.29) is 24.1 Å². The number of nitrogens with one attached hydrogen (secondary N) is 2. The Morgan fingerprint density at radius 3 is 2.69 bits per heavy atom. The number of carbonyl (C=O) groups excluding carboxylic acids is 1. The van der Waals surface area contributed by atoms with E-state index in [9.17, 15) is 9.90 Å². The third-order valence-corrected chi connectivity index (χ3v) is 2.63. The van der Waals surface area contributed by atoms with Gasteiger partial charge in [0, 0.05) is 0 Å². The molecule has 0 radical (unpaired) electrons. The van der Waals surface area contributed by atoms with Crippen LogP contribution in [0.5, 0.6) is 0 Å². The quantitative estimate of drug-likeness (QED) is 0.563. The van der Waals surface area contributed by atoms with Gasteiger partial charge in [0.1, 0.15) is 0 Å². The van der Waals surface area contributed by atoms with E-state index < -0.39 is 0 Å². The molecule has 0 aromatic rings. The number of carbonyl (C=O) groups is 1. The van der Waals surface area contributed by atoms with Crippen molar-refractivity contribution in [2.24, 2.45) is 0 Å². The second-order valence-electron chi connectivity index (χ2n) is 3.62. The summed E-state index contributed by atoms with van der Waals surface area (Å²) in [6, 6.07) is -0.226. The predicted octanol–water partition coefficient (Wildman–Crippen LogP) is -0.376. The standard InChI is InChI=1S/C9H18N2O2/c1-6(10-2)9(13)11-7-4-3-5-8(7)12/h6-8,10,12H,3-5H2,1-2H3,(H,11,13). The van der Waals surface area contributed by atoms with Gasteiger partial charge in [-0.25, -0.2) is 0 Å². The topological polar surface area (TPSA) is 61.4 Å². The van der Waals surface area contributed by atoms with E-state index in [1.54, 1.807) is 14.0 Å². The number of aliphatic hydroxyl groups excluding tert-OH is 1. The van der Waals surface area contributed by atoms with Crippen molar-refractivity contribution in [3.63, 3.8) is 0 Å². The summed E-state index contributed by atoms with van der Waals surface area (Å²) in [6.07, 6.45) is 2.34. The van der Waals surface area contributed by atoms with Crippen LogP contribution in [-0.4, -0.2) is 36.2 Å². The fraction of sp³-hybridized carbons (Fsp3) is 0.889. The molecule has 1 aliphatic rings. The van der Waals surface area contributed by atoms with Crippen molar-refractivity contribution < 1.29 is 9.90 Å². The molecular weight excluding hydrogens is 168 g/mol. The minimum Gasteiger partial charge on any atom is -0.391 e. The van der Waals surface area contributed by atoms with Gasteiger partial charge in [-0.05, 0) is 33.2 Å². The molecular formula is C9H18N2O2. The summed E-state index contributed by atoms with van der Waals surface area (Å²) < 4.78 is 0. The van der Waals surface area contributed by atoms with Crippen molar-refractivity contribution in [3.05, 3.63) is 0 Å². The first-order valence-electron chi connectivity index (χ1n) is 4.81. The van der Waals surface area contributed by atoms with Crippen LogP contribution < -0.4 is 10.6 Å². The fourth-order valence-electron chi connectivity index (χ4n) is 1.55. The normalized spacial score (nSPS) is 30.1. The van der Waals surface area contributed by atoms with Crippen molar-refractivity contribution >= 4 is 5.91 Å². The molecule has 0 bridgehead atoms. The molecule has 0 spiro atoms. The maximum Gasteiger partial charge on any atom is 0.237 e. The van der Waals surface area contributed by atoms with Crippen molar-refractivity contribution in [1.29, 1.82) is 0 Å². The molecule has 0 aromatic heterocycles. The highest BCUT2D eigenvalue weighted by Crippen LogP contribution is 2.18. The van der Waals surface area contributed by atoms with Crippen LogP contribution in [0.2, 0.25) is 0 Å². The second kappa shape index (κ2) is 4.58. The minimum atomic E-state index is -0.354. The Hall–Kier alpha value is -0.610. The van der Waals surface area contributed by atoms with E-state index in [4.69, 9.17) is 0 Å². The number of rotatable bonds is 3. The average molecular weight is 186 g/mol. The lowest BCUT2D eigenvalue weighted by Gasteiger charge is -2.19. The molecule has 76 valence electrons. The Bertz CT molecular complexity index is 184. The third-order valence-electron chi connectivity index (χ3n) is 2.63. The Morgan fingerprint density at radius 1 is 1.54 bits per heavy atom. The lowest BCUT2D eigenvalue weighted by molar-refractivity contribution is -0.124. The summed E-state index contributed by atoms with van der Waals surface area (Å²) >= 11 is 0. The van der Waals surface area contributed by atoms with Gasteiger partial charge in [-0.1, -0.05) is 0 Å². The molecule has 13 heavy (non-hydrogen) atoms. The Balaban J connectivity index is 2.35. The fourth-order valence-corrected chi connectivity index (χ4v) is 1.55. The number of amides is 1. The Morgan fingerprint density at radius 2 is 2.23 bits per heavy atom. The maximum atomic E-state index is 11.4. The summed E-state index contributed by atoms with van der Waals surface area (Å²) in [5.41, 5.74) is 0. The molecule has 3 unspecified atom stereocenters. The summed E-state index contributed by atoms with van der Waals surface area (Å²) in [5, 5.41) is 15.1. The molecule has 1 aliphatic carbocycles. The highest BCUT2D eigenvalue weighted by molar-refractivity contribution is 5.81. The first kappa shape index (κ1) is 10.5. The Labute approximate surface area is 78.7 Å². The van der Waals surface area contributed by atoms with Gasteiger partial charge >= 0.3 is 0 Å². The van der Waals surface area contributed by atoms with Gasteiger partial charge in [0.05, 0.1) is 18.2 Å². The van der Waals surface area contributed by atoms with Gasteiger partial charge in [0.2, 0.25) is 5.91 Å². The molecule has 1 amide bonds. The van der Waals surface area contributed by atoms with E-state index in [0.29, 0.717) is 0 Å². The monoisotopic (exact) mass is 186 g/mol. The van der Waals surface area contributed by atoms with Crippen LogP contribution in [0, 0.1) is 0 Å². The van der Waals surface area contributed by atoms with Crippen LogP contribution in [0.4, 0.5) is 0 Å². The zero-order chi connectivity index (χ0) is 9.84. The second-order valence-corrected chi connectivity index (χ2v) is 3.62. The first-order valence-corrected chi connectivity index (χ1v) is 4.81. The van der Waals surface area contributed by atoms with E-state index in [0.717, 1.165) is 19.3 Å². The number of likely N-dealkylation sites (N-methyl/N-ethyl adjacent to an activating group) is 1. The number of hydrogen-bond donors (Lipinski definition) is 3. The van der Waals surface area contributed by atoms with E-state index in [2.05, 4.69) is 10.6 Å². The van der Waals surface area contributed by atoms with Crippen LogP contribution >= 0.6 is 0 Å². The SMILES string of the molecule is CNC(C)C(=O)NC1CCCC1O. The maximum absolute atomic E-state index is 11.4. The van der Waals surface area contributed by atoms with Crippen molar-refractivity contribution in [3.8, 4) is 0 Å². The molecule has 0 aromatic carbocycles. The van der Waals surface area contributed by atoms with Crippen LogP contribution in [0.25, 0.3) is 0 Å². The minimum absolute atomic E-state index is 0.0338. The molecule has 4 nitrogen and oxygen atoms in total. The predicted molar refractivity (Wildman–Crippen MR) is 50.3 cm³/mol. The van der Waals surface area contributed by atoms with Gasteiger partial charge in [-0.2, -0.15) is 0 Å². The number of hydrogen-bond acceptors (Lipinski definition) is 3. The molecule has 3 N–H and O–H groups in total. The Kier molecular flexibility index (Phi) is 3.69. The highest BCUT2D eigenvalue weighted by atomic mass is 16.3. The smallest absolute Gasteiger partial charge is 0.237 e. The van der Waals surface area contributed by atoms with Crippen molar-refractivity contribution in [1.82, 2.24) is 10.6 Å². The molecule has 4 heteroatoms. The molecule has 1 saturated carbocycles. The first-order chi connectivity index (χ1) is 6.15. The van der Waals surface area contributed by atoms with Gasteiger partial charge in [0.15, 0.2) is 0 Å². The number of aliphatic hydroxyl groups is 1. The lowest BCUT2D eigenvalue weighted by atomic mass is 10.2. The summed E-state index contributed by atoms with van der Waals surface area (Å²) in [6.45, 7) is 1.80. The van der Waals surface area contributed by atoms with Gasteiger partial charge in [-0.15, -0.1) is 0 Å². The third kappa shape index (κ3) is 2.67.